The zero-order chi connectivity index (χ0) is 22.8. The number of para-hydroxylation sites is 1. The van der Waals surface area contributed by atoms with Crippen molar-refractivity contribution in [2.24, 2.45) is 0 Å². The summed E-state index contributed by atoms with van der Waals surface area (Å²) in [5.41, 5.74) is 3.95. The molecular weight excluding hydrogens is 440 g/mol. The zero-order valence-electron chi connectivity index (χ0n) is 17.9. The van der Waals surface area contributed by atoms with Gasteiger partial charge >= 0.3 is 0 Å². The number of nitrogens with zero attached hydrogens (tertiary/aromatic N) is 4. The molecule has 0 unspecified atom stereocenters. The summed E-state index contributed by atoms with van der Waals surface area (Å²) in [6, 6.07) is 15.4. The Labute approximate surface area is 196 Å². The fourth-order valence-corrected chi connectivity index (χ4v) is 4.54. The Hall–Kier alpha value is -3.17. The van der Waals surface area contributed by atoms with E-state index in [0.29, 0.717) is 16.7 Å². The largest absolute Gasteiger partial charge is 0.733 e. The molecule has 1 saturated heterocycles. The fraction of sp³-hybridized carbons (Fsp3) is 0.250. The Morgan fingerprint density at radius 3 is 2.82 bits per heavy atom. The Balaban J connectivity index is 1.23. The number of piperidine rings is 1. The highest BCUT2D eigenvalue weighted by atomic mass is 35.5. The van der Waals surface area contributed by atoms with Crippen molar-refractivity contribution in [1.29, 1.82) is 0 Å². The van der Waals surface area contributed by atoms with E-state index in [4.69, 9.17) is 21.8 Å². The Bertz CT molecular complexity index is 1250. The van der Waals surface area contributed by atoms with E-state index in [0.717, 1.165) is 54.5 Å². The highest BCUT2D eigenvalue weighted by Gasteiger charge is 2.21. The van der Waals surface area contributed by atoms with Crippen molar-refractivity contribution < 1.29 is 5.21 Å². The minimum atomic E-state index is -0.101. The van der Waals surface area contributed by atoms with Crippen molar-refractivity contribution in [3.8, 4) is 11.3 Å². The van der Waals surface area contributed by atoms with Crippen LogP contribution in [0.1, 0.15) is 18.4 Å². The van der Waals surface area contributed by atoms with Gasteiger partial charge in [-0.25, -0.2) is 9.97 Å². The topological polar surface area (TPSA) is 103 Å². The van der Waals surface area contributed by atoms with Gasteiger partial charge in [0.2, 0.25) is 5.95 Å². The van der Waals surface area contributed by atoms with Crippen molar-refractivity contribution >= 4 is 34.1 Å². The van der Waals surface area contributed by atoms with Gasteiger partial charge < -0.3 is 20.7 Å². The first-order valence-electron chi connectivity index (χ1n) is 10.9. The predicted octanol–water partition coefficient (Wildman–Crippen LogP) is 5.05. The van der Waals surface area contributed by atoms with Gasteiger partial charge in [-0.15, -0.1) is 0 Å². The lowest BCUT2D eigenvalue weighted by Gasteiger charge is -2.32. The molecule has 0 radical (unpaired) electrons. The van der Waals surface area contributed by atoms with E-state index in [2.05, 4.69) is 20.2 Å². The maximum absolute atomic E-state index is 11.1. The average Bonchev–Trinajstić information content (AvgIpc) is 3.26. The highest BCUT2D eigenvalue weighted by molar-refractivity contribution is 6.33. The molecule has 170 valence electrons. The summed E-state index contributed by atoms with van der Waals surface area (Å²) < 4.78 is 0. The van der Waals surface area contributed by atoms with Crippen LogP contribution in [0.5, 0.6) is 0 Å². The molecular formula is C24H24ClN6O2-. The average molecular weight is 464 g/mol. The van der Waals surface area contributed by atoms with Crippen molar-refractivity contribution in [2.45, 2.75) is 25.4 Å². The first-order chi connectivity index (χ1) is 16.1. The van der Waals surface area contributed by atoms with Crippen molar-refractivity contribution in [3.05, 3.63) is 76.7 Å². The summed E-state index contributed by atoms with van der Waals surface area (Å²) in [7, 11) is 0. The van der Waals surface area contributed by atoms with Gasteiger partial charge in [-0.1, -0.05) is 41.9 Å². The molecule has 5 rings (SSSR count). The minimum Gasteiger partial charge on any atom is -0.733 e. The molecule has 0 aliphatic carbocycles. The monoisotopic (exact) mass is 463 g/mol. The third kappa shape index (κ3) is 4.79. The molecule has 1 aliphatic rings. The quantitative estimate of drug-likeness (QED) is 0.344. The van der Waals surface area contributed by atoms with Crippen LogP contribution in [0.4, 0.5) is 11.6 Å². The number of benzene rings is 2. The van der Waals surface area contributed by atoms with E-state index in [1.54, 1.807) is 24.4 Å². The van der Waals surface area contributed by atoms with Crippen molar-refractivity contribution in [3.63, 3.8) is 0 Å². The number of anilines is 2. The first-order valence-corrected chi connectivity index (χ1v) is 11.3. The van der Waals surface area contributed by atoms with E-state index in [1.807, 2.05) is 36.5 Å². The molecule has 33 heavy (non-hydrogen) atoms. The third-order valence-corrected chi connectivity index (χ3v) is 6.32. The number of H-pyrrole nitrogens is 1. The van der Waals surface area contributed by atoms with E-state index in [1.165, 1.54) is 0 Å². The van der Waals surface area contributed by atoms with Crippen LogP contribution in [0.2, 0.25) is 5.02 Å². The molecule has 0 amide bonds. The van der Waals surface area contributed by atoms with E-state index in [-0.39, 0.29) is 17.0 Å². The molecule has 1 fully saturated rings. The highest BCUT2D eigenvalue weighted by Crippen LogP contribution is 2.32. The lowest BCUT2D eigenvalue weighted by Crippen LogP contribution is -2.39. The van der Waals surface area contributed by atoms with Crippen LogP contribution in [-0.4, -0.2) is 44.2 Å². The van der Waals surface area contributed by atoms with E-state index in [9.17, 15) is 5.21 Å². The second-order valence-corrected chi connectivity index (χ2v) is 8.68. The summed E-state index contributed by atoms with van der Waals surface area (Å²) >= 11 is 6.45. The molecule has 2 aromatic carbocycles. The van der Waals surface area contributed by atoms with Gasteiger partial charge in [0.1, 0.15) is 0 Å². The summed E-state index contributed by atoms with van der Waals surface area (Å²) in [6.45, 7) is 2.55. The summed E-state index contributed by atoms with van der Waals surface area (Å²) in [5, 5.41) is 25.2. The fourth-order valence-electron chi connectivity index (χ4n) is 4.34. The van der Waals surface area contributed by atoms with Crippen molar-refractivity contribution in [1.82, 2.24) is 19.9 Å². The molecule has 3 heterocycles. The van der Waals surface area contributed by atoms with Crippen LogP contribution < -0.4 is 10.5 Å². The number of halogens is 1. The number of fused-ring (bicyclic) bond motifs is 1. The van der Waals surface area contributed by atoms with E-state index < -0.39 is 0 Å². The number of nitrogens with one attached hydrogen (secondary N) is 2. The summed E-state index contributed by atoms with van der Waals surface area (Å²) in [4.78, 5) is 14.7. The Morgan fingerprint density at radius 1 is 1.18 bits per heavy atom. The number of aromatic nitrogens is 3. The van der Waals surface area contributed by atoms with Crippen LogP contribution in [0.25, 0.3) is 22.2 Å². The van der Waals surface area contributed by atoms with Crippen LogP contribution in [0.15, 0.2) is 60.9 Å². The second kappa shape index (κ2) is 9.36. The standard InChI is InChI=1S/C24H24ClN6O2/c25-21-14-27-24(29-23(21)20-13-26-22-7-2-1-6-19(20)22)28-17-8-10-30(11-9-17)15-16-4-3-5-18(12-16)31(32)33/h1-7,12-14,17,26,32H,8-11,15H2,(H,27,28,29)/q-1. The number of aromatic amines is 1. The molecule has 2 aromatic heterocycles. The minimum absolute atomic E-state index is 0.101. The number of likely N-dealkylation sites (tertiary alicyclic amines) is 1. The molecule has 1 aliphatic heterocycles. The number of rotatable bonds is 6. The molecule has 0 spiro atoms. The van der Waals surface area contributed by atoms with Gasteiger partial charge in [0.15, 0.2) is 0 Å². The molecule has 0 atom stereocenters. The van der Waals surface area contributed by atoms with Gasteiger partial charge in [-0.05, 0) is 36.6 Å². The van der Waals surface area contributed by atoms with Gasteiger partial charge in [0, 0.05) is 48.3 Å². The predicted molar refractivity (Wildman–Crippen MR) is 130 cm³/mol. The van der Waals surface area contributed by atoms with Crippen LogP contribution in [0.3, 0.4) is 0 Å². The second-order valence-electron chi connectivity index (χ2n) is 8.28. The number of hydrogen-bond acceptors (Lipinski definition) is 7. The summed E-state index contributed by atoms with van der Waals surface area (Å²) in [6.07, 6.45) is 5.47. The molecule has 8 nitrogen and oxygen atoms in total. The molecule has 9 heteroatoms. The number of hydrogen-bond donors (Lipinski definition) is 3. The van der Waals surface area contributed by atoms with Crippen LogP contribution in [0, 0.1) is 5.21 Å². The van der Waals surface area contributed by atoms with Crippen LogP contribution >= 0.6 is 11.6 Å². The molecule has 4 aromatic rings. The first kappa shape index (κ1) is 21.7. The maximum atomic E-state index is 11.1. The molecule has 0 saturated carbocycles. The Kier molecular flexibility index (Phi) is 6.15. The smallest absolute Gasteiger partial charge is 0.223 e. The SMILES string of the molecule is [O-]N(O)c1cccc(CN2CCC(Nc3ncc(Cl)c(-c4c[nH]c5ccccc45)n3)CC2)c1. The van der Waals surface area contributed by atoms with Gasteiger partial charge in [-0.3, -0.25) is 10.1 Å². The zero-order valence-corrected chi connectivity index (χ0v) is 18.7. The lowest BCUT2D eigenvalue weighted by molar-refractivity contribution is 0.211. The van der Waals surface area contributed by atoms with Gasteiger partial charge in [-0.2, -0.15) is 0 Å². The van der Waals surface area contributed by atoms with Gasteiger partial charge in [0.25, 0.3) is 0 Å². The lowest BCUT2D eigenvalue weighted by atomic mass is 10.0. The molecule has 3 N–H and O–H groups in total. The van der Waals surface area contributed by atoms with E-state index >= 15 is 0 Å². The summed E-state index contributed by atoms with van der Waals surface area (Å²) in [5.74, 6) is 0.573. The molecule has 0 bridgehead atoms. The van der Waals surface area contributed by atoms with Gasteiger partial charge in [0.05, 0.1) is 22.6 Å². The van der Waals surface area contributed by atoms with Crippen LogP contribution in [-0.2, 0) is 6.54 Å². The van der Waals surface area contributed by atoms with Crippen molar-refractivity contribution in [2.75, 3.05) is 23.6 Å². The maximum Gasteiger partial charge on any atom is 0.223 e. The normalized spacial score (nSPS) is 15.1. The Morgan fingerprint density at radius 2 is 2.00 bits per heavy atom. The third-order valence-electron chi connectivity index (χ3n) is 6.05.